The van der Waals surface area contributed by atoms with Gasteiger partial charge >= 0.3 is 11.5 Å². The average Bonchev–Trinajstić information content (AvgIpc) is 2.91. The van der Waals surface area contributed by atoms with Crippen LogP contribution >= 0.6 is 11.8 Å². The fourth-order valence-electron chi connectivity index (χ4n) is 3.73. The van der Waals surface area contributed by atoms with E-state index in [1.807, 2.05) is 31.2 Å². The Balaban J connectivity index is 1.61. The van der Waals surface area contributed by atoms with Crippen molar-refractivity contribution in [2.75, 3.05) is 4.90 Å². The molecule has 3 aromatic rings. The Bertz CT molecular complexity index is 1160. The first kappa shape index (κ1) is 21.2. The molecule has 4 rings (SSSR count). The highest BCUT2D eigenvalue weighted by atomic mass is 32.2. The summed E-state index contributed by atoms with van der Waals surface area (Å²) in [6, 6.07) is 11.6. The number of amides is 3. The number of anilines is 1. The number of carbonyl (C=O) groups excluding carboxylic acids is 2. The highest BCUT2D eigenvalue weighted by Gasteiger charge is 2.43. The lowest BCUT2D eigenvalue weighted by atomic mass is 10.0. The van der Waals surface area contributed by atoms with Gasteiger partial charge in [-0.3, -0.25) is 9.78 Å². The van der Waals surface area contributed by atoms with Crippen LogP contribution in [0.1, 0.15) is 18.1 Å². The molecule has 1 aliphatic rings. The van der Waals surface area contributed by atoms with E-state index in [9.17, 15) is 22.8 Å². The molecule has 1 fully saturated rings. The molecule has 0 spiro atoms. The number of rotatable bonds is 4. The van der Waals surface area contributed by atoms with Gasteiger partial charge in [-0.05, 0) is 73.1 Å². The summed E-state index contributed by atoms with van der Waals surface area (Å²) in [6.07, 6.45) is 1.67. The minimum absolute atomic E-state index is 0.0148. The second-order valence-corrected chi connectivity index (χ2v) is 8.38. The molecule has 3 amide bonds. The van der Waals surface area contributed by atoms with E-state index in [-0.39, 0.29) is 28.9 Å². The van der Waals surface area contributed by atoms with E-state index >= 15 is 0 Å². The van der Waals surface area contributed by atoms with Gasteiger partial charge in [0.15, 0.2) is 0 Å². The largest absolute Gasteiger partial charge is 0.446 e. The maximum atomic E-state index is 13.1. The third-order valence-electron chi connectivity index (χ3n) is 5.21. The topological polar surface area (TPSA) is 53.5 Å². The van der Waals surface area contributed by atoms with E-state index in [2.05, 4.69) is 4.98 Å². The first-order valence-corrected chi connectivity index (χ1v) is 10.3. The molecule has 1 atom stereocenters. The minimum atomic E-state index is -4.41. The SMILES string of the molecule is Cc1cccc2nccc(CN3C(=O)N(c4ccc(SC(F)(F)F)cc4)C(=O)C3C)c12. The van der Waals surface area contributed by atoms with E-state index in [0.717, 1.165) is 26.9 Å². The minimum Gasteiger partial charge on any atom is -0.308 e. The van der Waals surface area contributed by atoms with Gasteiger partial charge in [0.05, 0.1) is 11.2 Å². The van der Waals surface area contributed by atoms with Crippen molar-refractivity contribution in [2.24, 2.45) is 0 Å². The number of pyridine rings is 1. The average molecular weight is 445 g/mol. The van der Waals surface area contributed by atoms with Crippen LogP contribution in [0.15, 0.2) is 59.6 Å². The number of nitrogens with zero attached hydrogens (tertiary/aromatic N) is 3. The molecule has 9 heteroatoms. The number of halogens is 3. The molecule has 0 N–H and O–H groups in total. The Labute approximate surface area is 180 Å². The molecule has 1 saturated heterocycles. The molecule has 0 saturated carbocycles. The fraction of sp³-hybridized carbons (Fsp3) is 0.227. The van der Waals surface area contributed by atoms with Gasteiger partial charge in [-0.15, -0.1) is 0 Å². The lowest BCUT2D eigenvalue weighted by Gasteiger charge is -2.21. The first-order valence-electron chi connectivity index (χ1n) is 9.49. The van der Waals surface area contributed by atoms with Crippen LogP contribution in [0.2, 0.25) is 0 Å². The van der Waals surface area contributed by atoms with Gasteiger partial charge in [-0.25, -0.2) is 9.69 Å². The predicted molar refractivity (Wildman–Crippen MR) is 113 cm³/mol. The summed E-state index contributed by atoms with van der Waals surface area (Å²) in [5, 5.41) is 0.935. The Hall–Kier alpha value is -3.07. The number of aromatic nitrogens is 1. The van der Waals surface area contributed by atoms with Crippen LogP contribution in [0.4, 0.5) is 23.7 Å². The van der Waals surface area contributed by atoms with Crippen molar-refractivity contribution in [3.8, 4) is 0 Å². The number of alkyl halides is 3. The van der Waals surface area contributed by atoms with Gasteiger partial charge in [0.2, 0.25) is 0 Å². The van der Waals surface area contributed by atoms with E-state index in [4.69, 9.17) is 0 Å². The molecular formula is C22H18F3N3O2S. The number of fused-ring (bicyclic) bond motifs is 1. The van der Waals surface area contributed by atoms with Crippen molar-refractivity contribution < 1.29 is 22.8 Å². The van der Waals surface area contributed by atoms with E-state index in [0.29, 0.717) is 0 Å². The van der Waals surface area contributed by atoms with Crippen LogP contribution in [0.5, 0.6) is 0 Å². The molecule has 5 nitrogen and oxygen atoms in total. The number of imide groups is 1. The van der Waals surface area contributed by atoms with Crippen LogP contribution < -0.4 is 4.90 Å². The Morgan fingerprint density at radius 2 is 1.77 bits per heavy atom. The van der Waals surface area contributed by atoms with E-state index in [1.54, 1.807) is 13.1 Å². The molecule has 160 valence electrons. The second kappa shape index (κ2) is 7.88. The molecule has 1 aliphatic heterocycles. The predicted octanol–water partition coefficient (Wildman–Crippen LogP) is 5.51. The van der Waals surface area contributed by atoms with Crippen molar-refractivity contribution >= 4 is 40.3 Å². The van der Waals surface area contributed by atoms with Crippen LogP contribution in [-0.2, 0) is 11.3 Å². The Kier molecular flexibility index (Phi) is 5.38. The highest BCUT2D eigenvalue weighted by molar-refractivity contribution is 8.00. The van der Waals surface area contributed by atoms with Crippen LogP contribution in [-0.4, -0.2) is 33.4 Å². The van der Waals surface area contributed by atoms with Crippen molar-refractivity contribution in [3.63, 3.8) is 0 Å². The molecule has 1 aromatic heterocycles. The number of urea groups is 1. The van der Waals surface area contributed by atoms with Crippen molar-refractivity contribution in [3.05, 3.63) is 65.9 Å². The second-order valence-electron chi connectivity index (χ2n) is 7.24. The summed E-state index contributed by atoms with van der Waals surface area (Å²) >= 11 is -0.246. The van der Waals surface area contributed by atoms with Gasteiger partial charge in [0, 0.05) is 23.0 Å². The smallest absolute Gasteiger partial charge is 0.308 e. The Morgan fingerprint density at radius 3 is 2.45 bits per heavy atom. The normalized spacial score (nSPS) is 17.1. The van der Waals surface area contributed by atoms with Crippen molar-refractivity contribution in [2.45, 2.75) is 36.8 Å². The molecular weight excluding hydrogens is 427 g/mol. The summed E-state index contributed by atoms with van der Waals surface area (Å²) in [5.74, 6) is -0.420. The third kappa shape index (κ3) is 4.10. The highest BCUT2D eigenvalue weighted by Crippen LogP contribution is 2.38. The van der Waals surface area contributed by atoms with Gasteiger partial charge in [-0.2, -0.15) is 13.2 Å². The Morgan fingerprint density at radius 1 is 1.06 bits per heavy atom. The van der Waals surface area contributed by atoms with E-state index in [1.165, 1.54) is 29.2 Å². The molecule has 0 bridgehead atoms. The van der Waals surface area contributed by atoms with Gasteiger partial charge < -0.3 is 4.90 Å². The standard InChI is InChI=1S/C22H18F3N3O2S/c1-13-4-3-5-18-19(13)15(10-11-26-18)12-27-14(2)20(29)28(21(27)30)16-6-8-17(9-7-16)31-22(23,24)25/h3-11,14H,12H2,1-2H3. The summed E-state index contributed by atoms with van der Waals surface area (Å²) in [7, 11) is 0. The van der Waals surface area contributed by atoms with E-state index < -0.39 is 23.5 Å². The zero-order chi connectivity index (χ0) is 22.3. The fourth-order valence-corrected chi connectivity index (χ4v) is 4.27. The van der Waals surface area contributed by atoms with Crippen LogP contribution in [0.3, 0.4) is 0 Å². The van der Waals surface area contributed by atoms with Crippen molar-refractivity contribution in [1.29, 1.82) is 0 Å². The van der Waals surface area contributed by atoms with Crippen LogP contribution in [0.25, 0.3) is 10.9 Å². The zero-order valence-electron chi connectivity index (χ0n) is 16.7. The van der Waals surface area contributed by atoms with Gasteiger partial charge in [0.1, 0.15) is 6.04 Å². The number of aryl methyl sites for hydroxylation is 1. The van der Waals surface area contributed by atoms with Gasteiger partial charge in [-0.1, -0.05) is 12.1 Å². The van der Waals surface area contributed by atoms with Crippen LogP contribution in [0, 0.1) is 6.92 Å². The lowest BCUT2D eigenvalue weighted by molar-refractivity contribution is -0.119. The molecule has 0 radical (unpaired) electrons. The zero-order valence-corrected chi connectivity index (χ0v) is 17.5. The first-order chi connectivity index (χ1) is 14.7. The summed E-state index contributed by atoms with van der Waals surface area (Å²) < 4.78 is 37.6. The van der Waals surface area contributed by atoms with Crippen molar-refractivity contribution in [1.82, 2.24) is 9.88 Å². The molecule has 0 aliphatic carbocycles. The number of hydrogen-bond acceptors (Lipinski definition) is 4. The molecule has 31 heavy (non-hydrogen) atoms. The molecule has 1 unspecified atom stereocenters. The molecule has 2 aromatic carbocycles. The quantitative estimate of drug-likeness (QED) is 0.392. The monoisotopic (exact) mass is 445 g/mol. The lowest BCUT2D eigenvalue weighted by Crippen LogP contribution is -2.33. The maximum absolute atomic E-state index is 13.1. The molecule has 2 heterocycles. The number of benzene rings is 2. The number of hydrogen-bond donors (Lipinski definition) is 0. The summed E-state index contributed by atoms with van der Waals surface area (Å²) in [4.78, 5) is 32.7. The number of thioether (sulfide) groups is 1. The third-order valence-corrected chi connectivity index (χ3v) is 5.95. The summed E-state index contributed by atoms with van der Waals surface area (Å²) in [6.45, 7) is 3.82. The maximum Gasteiger partial charge on any atom is 0.446 e. The number of carbonyl (C=O) groups is 2. The summed E-state index contributed by atoms with van der Waals surface area (Å²) in [5.41, 5.74) is -1.47. The van der Waals surface area contributed by atoms with Gasteiger partial charge in [0.25, 0.3) is 5.91 Å².